The van der Waals surface area contributed by atoms with Crippen LogP contribution in [0.1, 0.15) is 11.1 Å². The quantitative estimate of drug-likeness (QED) is 0.626. The minimum absolute atomic E-state index is 0.0979. The number of benzene rings is 2. The maximum absolute atomic E-state index is 11.7. The van der Waals surface area contributed by atoms with Crippen LogP contribution in [0.2, 0.25) is 0 Å². The maximum Gasteiger partial charge on any atom is 0.250 e. The molecule has 0 unspecified atom stereocenters. The number of carbonyl (C=O) groups is 1. The number of halogens is 1. The molecule has 0 aliphatic rings. The first kappa shape index (κ1) is 15.8. The number of hydrogen-bond donors (Lipinski definition) is 1. The third-order valence-electron chi connectivity index (χ3n) is 2.65. The summed E-state index contributed by atoms with van der Waals surface area (Å²) in [5, 5.41) is 3.94. The van der Waals surface area contributed by atoms with Crippen LogP contribution in [0.25, 0.3) is 0 Å². The molecule has 0 aliphatic carbocycles. The van der Waals surface area contributed by atoms with E-state index >= 15 is 0 Å². The van der Waals surface area contributed by atoms with Crippen molar-refractivity contribution in [3.8, 4) is 0 Å². The molecule has 0 spiro atoms. The molecule has 1 N–H and O–H groups in total. The molecular formula is C16H15BrN2OS. The van der Waals surface area contributed by atoms with Gasteiger partial charge in [-0.1, -0.05) is 64.5 Å². The van der Waals surface area contributed by atoms with E-state index in [1.54, 1.807) is 18.0 Å². The standard InChI is InChI=1S/C16H15BrN2OS/c17-15-9-5-4-8-14(15)11-21-12-16(20)19-18-10-13-6-2-1-3-7-13/h1-10H,11-12H2,(H,19,20)/b18-10-. The second-order valence-electron chi connectivity index (χ2n) is 4.29. The Morgan fingerprint density at radius 1 is 1.14 bits per heavy atom. The van der Waals surface area contributed by atoms with Gasteiger partial charge < -0.3 is 0 Å². The largest absolute Gasteiger partial charge is 0.272 e. The van der Waals surface area contributed by atoms with E-state index in [0.717, 1.165) is 15.8 Å². The Balaban J connectivity index is 1.71. The summed E-state index contributed by atoms with van der Waals surface area (Å²) in [6, 6.07) is 17.7. The molecule has 0 fully saturated rings. The molecule has 21 heavy (non-hydrogen) atoms. The molecule has 2 rings (SSSR count). The summed E-state index contributed by atoms with van der Waals surface area (Å²) in [6.45, 7) is 0. The molecule has 1 amide bonds. The normalized spacial score (nSPS) is 10.7. The second-order valence-corrected chi connectivity index (χ2v) is 6.13. The van der Waals surface area contributed by atoms with Crippen molar-refractivity contribution in [1.29, 1.82) is 0 Å². The van der Waals surface area contributed by atoms with Gasteiger partial charge in [0.15, 0.2) is 0 Å². The Labute approximate surface area is 137 Å². The Morgan fingerprint density at radius 3 is 2.62 bits per heavy atom. The molecule has 2 aromatic carbocycles. The zero-order chi connectivity index (χ0) is 14.9. The summed E-state index contributed by atoms with van der Waals surface area (Å²) in [4.78, 5) is 11.7. The number of thioether (sulfide) groups is 1. The lowest BCUT2D eigenvalue weighted by Crippen LogP contribution is -2.19. The van der Waals surface area contributed by atoms with Gasteiger partial charge in [0, 0.05) is 10.2 Å². The van der Waals surface area contributed by atoms with Gasteiger partial charge in [-0.15, -0.1) is 11.8 Å². The lowest BCUT2D eigenvalue weighted by atomic mass is 10.2. The SMILES string of the molecule is O=C(CSCc1ccccc1Br)N/N=C\c1ccccc1. The smallest absolute Gasteiger partial charge is 0.250 e. The molecule has 2 aromatic rings. The summed E-state index contributed by atoms with van der Waals surface area (Å²) >= 11 is 5.05. The van der Waals surface area contributed by atoms with Gasteiger partial charge in [-0.2, -0.15) is 5.10 Å². The lowest BCUT2D eigenvalue weighted by molar-refractivity contribution is -0.118. The summed E-state index contributed by atoms with van der Waals surface area (Å²) in [6.07, 6.45) is 1.64. The average Bonchev–Trinajstić information content (AvgIpc) is 2.50. The van der Waals surface area contributed by atoms with Gasteiger partial charge >= 0.3 is 0 Å². The molecule has 0 saturated carbocycles. The molecule has 108 valence electrons. The van der Waals surface area contributed by atoms with Crippen LogP contribution in [-0.2, 0) is 10.5 Å². The predicted molar refractivity (Wildman–Crippen MR) is 92.5 cm³/mol. The Kier molecular flexibility index (Phi) is 6.50. The molecule has 0 heterocycles. The van der Waals surface area contributed by atoms with E-state index < -0.39 is 0 Å². The van der Waals surface area contributed by atoms with Gasteiger partial charge in [0.25, 0.3) is 0 Å². The van der Waals surface area contributed by atoms with Crippen molar-refractivity contribution in [2.24, 2.45) is 5.10 Å². The van der Waals surface area contributed by atoms with Gasteiger partial charge in [-0.25, -0.2) is 5.43 Å². The van der Waals surface area contributed by atoms with Crippen molar-refractivity contribution in [3.63, 3.8) is 0 Å². The fourth-order valence-electron chi connectivity index (χ4n) is 1.62. The summed E-state index contributed by atoms with van der Waals surface area (Å²) in [7, 11) is 0. The highest BCUT2D eigenvalue weighted by Crippen LogP contribution is 2.20. The summed E-state index contributed by atoms with van der Waals surface area (Å²) in [5.41, 5.74) is 4.67. The van der Waals surface area contributed by atoms with Crippen LogP contribution in [0, 0.1) is 0 Å². The van der Waals surface area contributed by atoms with E-state index in [9.17, 15) is 4.79 Å². The Hall–Kier alpha value is -1.59. The fraction of sp³-hybridized carbons (Fsp3) is 0.125. The van der Waals surface area contributed by atoms with Crippen molar-refractivity contribution in [2.45, 2.75) is 5.75 Å². The van der Waals surface area contributed by atoms with E-state index in [-0.39, 0.29) is 5.91 Å². The van der Waals surface area contributed by atoms with Crippen LogP contribution in [-0.4, -0.2) is 17.9 Å². The van der Waals surface area contributed by atoms with Gasteiger partial charge in [0.2, 0.25) is 5.91 Å². The molecule has 3 nitrogen and oxygen atoms in total. The third kappa shape index (κ3) is 5.73. The van der Waals surface area contributed by atoms with Crippen LogP contribution in [0.15, 0.2) is 64.2 Å². The van der Waals surface area contributed by atoms with Gasteiger partial charge in [-0.3, -0.25) is 4.79 Å². The van der Waals surface area contributed by atoms with Crippen LogP contribution in [0.5, 0.6) is 0 Å². The van der Waals surface area contributed by atoms with Crippen molar-refractivity contribution < 1.29 is 4.79 Å². The topological polar surface area (TPSA) is 41.5 Å². The average molecular weight is 363 g/mol. The molecule has 0 aromatic heterocycles. The minimum atomic E-state index is -0.0979. The van der Waals surface area contributed by atoms with Crippen molar-refractivity contribution in [2.75, 3.05) is 5.75 Å². The molecule has 5 heteroatoms. The second kappa shape index (κ2) is 8.64. The van der Waals surface area contributed by atoms with E-state index in [1.807, 2.05) is 54.6 Å². The number of rotatable bonds is 6. The lowest BCUT2D eigenvalue weighted by Gasteiger charge is -2.03. The fourth-order valence-corrected chi connectivity index (χ4v) is 3.05. The van der Waals surface area contributed by atoms with Crippen LogP contribution >= 0.6 is 27.7 Å². The number of nitrogens with one attached hydrogen (secondary N) is 1. The summed E-state index contributed by atoms with van der Waals surface area (Å²) < 4.78 is 1.07. The first-order valence-electron chi connectivity index (χ1n) is 6.44. The minimum Gasteiger partial charge on any atom is -0.272 e. The Bertz CT molecular complexity index is 617. The molecule has 0 aliphatic heterocycles. The first-order valence-corrected chi connectivity index (χ1v) is 8.38. The van der Waals surface area contributed by atoms with Gasteiger partial charge in [0.1, 0.15) is 0 Å². The summed E-state index contributed by atoms with van der Waals surface area (Å²) in [5.74, 6) is 1.07. The van der Waals surface area contributed by atoms with E-state index in [2.05, 4.69) is 26.5 Å². The molecule has 0 bridgehead atoms. The van der Waals surface area contributed by atoms with E-state index in [0.29, 0.717) is 5.75 Å². The zero-order valence-electron chi connectivity index (χ0n) is 11.3. The molecule has 0 saturated heterocycles. The molecular weight excluding hydrogens is 348 g/mol. The van der Waals surface area contributed by atoms with Gasteiger partial charge in [0.05, 0.1) is 12.0 Å². The molecule has 0 atom stereocenters. The number of nitrogens with zero attached hydrogens (tertiary/aromatic N) is 1. The zero-order valence-corrected chi connectivity index (χ0v) is 13.7. The number of hydrogen-bond acceptors (Lipinski definition) is 3. The maximum atomic E-state index is 11.7. The molecule has 0 radical (unpaired) electrons. The van der Waals surface area contributed by atoms with Crippen LogP contribution in [0.3, 0.4) is 0 Å². The highest BCUT2D eigenvalue weighted by atomic mass is 79.9. The van der Waals surface area contributed by atoms with E-state index in [4.69, 9.17) is 0 Å². The third-order valence-corrected chi connectivity index (χ3v) is 4.41. The van der Waals surface area contributed by atoms with Crippen molar-refractivity contribution in [3.05, 3.63) is 70.2 Å². The van der Waals surface area contributed by atoms with Crippen LogP contribution in [0.4, 0.5) is 0 Å². The number of carbonyl (C=O) groups excluding carboxylic acids is 1. The number of hydrazone groups is 1. The number of amides is 1. The predicted octanol–water partition coefficient (Wildman–Crippen LogP) is 3.83. The van der Waals surface area contributed by atoms with E-state index in [1.165, 1.54) is 5.56 Å². The Morgan fingerprint density at radius 2 is 1.86 bits per heavy atom. The highest BCUT2D eigenvalue weighted by Gasteiger charge is 2.02. The first-order chi connectivity index (χ1) is 10.3. The highest BCUT2D eigenvalue weighted by molar-refractivity contribution is 9.10. The van der Waals surface area contributed by atoms with Crippen LogP contribution < -0.4 is 5.43 Å². The van der Waals surface area contributed by atoms with Crippen molar-refractivity contribution in [1.82, 2.24) is 5.43 Å². The van der Waals surface area contributed by atoms with Gasteiger partial charge in [-0.05, 0) is 17.2 Å². The van der Waals surface area contributed by atoms with Crippen molar-refractivity contribution >= 4 is 39.8 Å². The monoisotopic (exact) mass is 362 g/mol.